The quantitative estimate of drug-likeness (QED) is 0.318. The molecule has 1 aliphatic rings. The Morgan fingerprint density at radius 1 is 0.829 bits per heavy atom. The summed E-state index contributed by atoms with van der Waals surface area (Å²) in [4.78, 5) is 16.1. The van der Waals surface area contributed by atoms with Crippen molar-refractivity contribution in [3.63, 3.8) is 0 Å². The standard InChI is InChI=1S/C32H31NO2/c1-23-10-6-7-15-27(23)22-33(29-18-25-13-8-9-14-26(25)19-29)32(34)21-28-20-30(35-2)16-17-31(28)24-11-4-3-5-12-24/h3-17,20,29H,18-19,21-22H2,1-2H3. The van der Waals surface area contributed by atoms with Crippen molar-refractivity contribution in [2.24, 2.45) is 0 Å². The van der Waals surface area contributed by atoms with Gasteiger partial charge in [-0.3, -0.25) is 4.79 Å². The lowest BCUT2D eigenvalue weighted by atomic mass is 9.96. The van der Waals surface area contributed by atoms with Gasteiger partial charge in [0, 0.05) is 12.6 Å². The highest BCUT2D eigenvalue weighted by Crippen LogP contribution is 2.31. The Morgan fingerprint density at radius 2 is 1.49 bits per heavy atom. The van der Waals surface area contributed by atoms with E-state index >= 15 is 0 Å². The van der Waals surface area contributed by atoms with E-state index in [0.717, 1.165) is 35.3 Å². The molecule has 3 nitrogen and oxygen atoms in total. The van der Waals surface area contributed by atoms with Crippen LogP contribution in [0.2, 0.25) is 0 Å². The van der Waals surface area contributed by atoms with Gasteiger partial charge < -0.3 is 9.64 Å². The van der Waals surface area contributed by atoms with Gasteiger partial charge in [-0.15, -0.1) is 0 Å². The summed E-state index contributed by atoms with van der Waals surface area (Å²) in [5.74, 6) is 0.919. The van der Waals surface area contributed by atoms with E-state index in [1.54, 1.807) is 7.11 Å². The first kappa shape index (κ1) is 22.9. The average molecular weight is 462 g/mol. The van der Waals surface area contributed by atoms with Gasteiger partial charge in [-0.25, -0.2) is 0 Å². The van der Waals surface area contributed by atoms with E-state index in [0.29, 0.717) is 13.0 Å². The normalized spacial score (nSPS) is 12.9. The summed E-state index contributed by atoms with van der Waals surface area (Å²) < 4.78 is 5.52. The molecule has 0 saturated carbocycles. The maximum Gasteiger partial charge on any atom is 0.227 e. The Bertz CT molecular complexity index is 1300. The SMILES string of the molecule is COc1ccc(-c2ccccc2)c(CC(=O)N(Cc2ccccc2C)C2Cc3ccccc3C2)c1. The van der Waals surface area contributed by atoms with Crippen LogP contribution in [0.4, 0.5) is 0 Å². The number of rotatable bonds is 7. The fourth-order valence-corrected chi connectivity index (χ4v) is 5.16. The van der Waals surface area contributed by atoms with Crippen LogP contribution in [-0.4, -0.2) is 24.0 Å². The highest BCUT2D eigenvalue weighted by Gasteiger charge is 2.30. The Balaban J connectivity index is 1.48. The van der Waals surface area contributed by atoms with Crippen LogP contribution in [0.1, 0.15) is 27.8 Å². The number of ether oxygens (including phenoxy) is 1. The Labute approximate surface area is 208 Å². The molecular weight excluding hydrogens is 430 g/mol. The molecule has 3 heteroatoms. The molecule has 0 aliphatic heterocycles. The van der Waals surface area contributed by atoms with Crippen molar-refractivity contribution in [3.8, 4) is 16.9 Å². The maximum atomic E-state index is 14.0. The second-order valence-corrected chi connectivity index (χ2v) is 9.34. The summed E-state index contributed by atoms with van der Waals surface area (Å²) in [5.41, 5.74) is 8.29. The fourth-order valence-electron chi connectivity index (χ4n) is 5.16. The fraction of sp³-hybridized carbons (Fsp3) is 0.219. The molecule has 4 aromatic rings. The third-order valence-electron chi connectivity index (χ3n) is 7.13. The Hall–Kier alpha value is -3.85. The summed E-state index contributed by atoms with van der Waals surface area (Å²) >= 11 is 0. The van der Waals surface area contributed by atoms with Gasteiger partial charge in [0.15, 0.2) is 0 Å². The van der Waals surface area contributed by atoms with Crippen LogP contribution in [0.25, 0.3) is 11.1 Å². The van der Waals surface area contributed by atoms with E-state index in [9.17, 15) is 4.79 Å². The second-order valence-electron chi connectivity index (χ2n) is 9.34. The van der Waals surface area contributed by atoms with Gasteiger partial charge in [0.1, 0.15) is 5.75 Å². The van der Waals surface area contributed by atoms with Crippen molar-refractivity contribution >= 4 is 5.91 Å². The number of methoxy groups -OCH3 is 1. The zero-order chi connectivity index (χ0) is 24.2. The first-order valence-corrected chi connectivity index (χ1v) is 12.3. The number of carbonyl (C=O) groups is 1. The third kappa shape index (κ3) is 5.00. The summed E-state index contributed by atoms with van der Waals surface area (Å²) in [6.45, 7) is 2.74. The molecule has 0 atom stereocenters. The van der Waals surface area contributed by atoms with E-state index in [2.05, 4.69) is 78.6 Å². The number of benzene rings is 4. The number of carbonyl (C=O) groups excluding carboxylic acids is 1. The predicted molar refractivity (Wildman–Crippen MR) is 142 cm³/mol. The predicted octanol–water partition coefficient (Wildman–Crippen LogP) is 6.41. The molecule has 0 spiro atoms. The van der Waals surface area contributed by atoms with E-state index in [-0.39, 0.29) is 11.9 Å². The van der Waals surface area contributed by atoms with Gasteiger partial charge in [-0.1, -0.05) is 84.9 Å². The molecule has 1 aliphatic carbocycles. The molecule has 0 radical (unpaired) electrons. The minimum Gasteiger partial charge on any atom is -0.497 e. The Kier molecular flexibility index (Phi) is 6.67. The van der Waals surface area contributed by atoms with Crippen LogP contribution in [0.3, 0.4) is 0 Å². The highest BCUT2D eigenvalue weighted by atomic mass is 16.5. The molecule has 35 heavy (non-hydrogen) atoms. The summed E-state index contributed by atoms with van der Waals surface area (Å²) in [6, 6.07) is 33.4. The van der Waals surface area contributed by atoms with Crippen LogP contribution in [0.15, 0.2) is 97.1 Å². The van der Waals surface area contributed by atoms with E-state index in [1.165, 1.54) is 22.3 Å². The molecule has 0 bridgehead atoms. The van der Waals surface area contributed by atoms with Crippen molar-refractivity contribution in [3.05, 3.63) is 125 Å². The number of nitrogens with zero attached hydrogens (tertiary/aromatic N) is 1. The van der Waals surface area contributed by atoms with Gasteiger partial charge in [0.2, 0.25) is 5.91 Å². The van der Waals surface area contributed by atoms with Crippen LogP contribution in [0, 0.1) is 6.92 Å². The van der Waals surface area contributed by atoms with Crippen LogP contribution in [0.5, 0.6) is 5.75 Å². The number of aryl methyl sites for hydroxylation is 1. The molecule has 176 valence electrons. The van der Waals surface area contributed by atoms with Crippen molar-refractivity contribution < 1.29 is 9.53 Å². The van der Waals surface area contributed by atoms with Gasteiger partial charge in [-0.2, -0.15) is 0 Å². The molecule has 0 saturated heterocycles. The summed E-state index contributed by atoms with van der Waals surface area (Å²) in [5, 5.41) is 0. The molecule has 4 aromatic carbocycles. The second kappa shape index (κ2) is 10.2. The van der Waals surface area contributed by atoms with Crippen LogP contribution >= 0.6 is 0 Å². The van der Waals surface area contributed by atoms with Gasteiger partial charge >= 0.3 is 0 Å². The van der Waals surface area contributed by atoms with Crippen LogP contribution in [-0.2, 0) is 30.6 Å². The van der Waals surface area contributed by atoms with E-state index in [1.807, 2.05) is 30.3 Å². The zero-order valence-electron chi connectivity index (χ0n) is 20.4. The van der Waals surface area contributed by atoms with E-state index in [4.69, 9.17) is 4.74 Å². The number of fused-ring (bicyclic) bond motifs is 1. The first-order chi connectivity index (χ1) is 17.1. The molecule has 5 rings (SSSR count). The summed E-state index contributed by atoms with van der Waals surface area (Å²) in [6.07, 6.45) is 2.13. The van der Waals surface area contributed by atoms with Crippen molar-refractivity contribution in [1.82, 2.24) is 4.90 Å². The first-order valence-electron chi connectivity index (χ1n) is 12.3. The highest BCUT2D eigenvalue weighted by molar-refractivity contribution is 5.83. The molecule has 0 aromatic heterocycles. The molecule has 0 N–H and O–H groups in total. The number of amides is 1. The third-order valence-corrected chi connectivity index (χ3v) is 7.13. The smallest absolute Gasteiger partial charge is 0.227 e. The minimum absolute atomic E-state index is 0.150. The topological polar surface area (TPSA) is 29.5 Å². The lowest BCUT2D eigenvalue weighted by molar-refractivity contribution is -0.133. The Morgan fingerprint density at radius 3 is 2.17 bits per heavy atom. The van der Waals surface area contributed by atoms with E-state index < -0.39 is 0 Å². The van der Waals surface area contributed by atoms with Gasteiger partial charge in [0.05, 0.1) is 13.5 Å². The lowest BCUT2D eigenvalue weighted by Gasteiger charge is -2.30. The molecule has 0 heterocycles. The average Bonchev–Trinajstić information content (AvgIpc) is 3.32. The van der Waals surface area contributed by atoms with Crippen molar-refractivity contribution in [2.75, 3.05) is 7.11 Å². The lowest BCUT2D eigenvalue weighted by Crippen LogP contribution is -2.41. The molecule has 0 fully saturated rings. The number of hydrogen-bond donors (Lipinski definition) is 0. The zero-order valence-corrected chi connectivity index (χ0v) is 20.4. The summed E-state index contributed by atoms with van der Waals surface area (Å²) in [7, 11) is 1.67. The minimum atomic E-state index is 0.150. The number of hydrogen-bond acceptors (Lipinski definition) is 2. The van der Waals surface area contributed by atoms with Gasteiger partial charge in [0.25, 0.3) is 0 Å². The monoisotopic (exact) mass is 461 g/mol. The van der Waals surface area contributed by atoms with Crippen molar-refractivity contribution in [1.29, 1.82) is 0 Å². The van der Waals surface area contributed by atoms with Gasteiger partial charge in [-0.05, 0) is 70.8 Å². The van der Waals surface area contributed by atoms with Crippen molar-refractivity contribution in [2.45, 2.75) is 38.8 Å². The molecule has 1 amide bonds. The molecule has 0 unspecified atom stereocenters. The van der Waals surface area contributed by atoms with Crippen LogP contribution < -0.4 is 4.74 Å². The largest absolute Gasteiger partial charge is 0.497 e. The molecular formula is C32H31NO2. The maximum absolute atomic E-state index is 14.0.